The summed E-state index contributed by atoms with van der Waals surface area (Å²) < 4.78 is 6.56. The van der Waals surface area contributed by atoms with E-state index in [0.29, 0.717) is 22.4 Å². The highest BCUT2D eigenvalue weighted by Crippen LogP contribution is 2.37. The Labute approximate surface area is 198 Å². The van der Waals surface area contributed by atoms with Crippen molar-refractivity contribution in [2.45, 2.75) is 26.9 Å². The van der Waals surface area contributed by atoms with Crippen molar-refractivity contribution in [3.05, 3.63) is 42.1 Å². The molecule has 0 radical (unpaired) electrons. The van der Waals surface area contributed by atoms with E-state index in [-0.39, 0.29) is 34.5 Å². The van der Waals surface area contributed by atoms with Crippen molar-refractivity contribution in [3.63, 3.8) is 0 Å². The van der Waals surface area contributed by atoms with Crippen molar-refractivity contribution >= 4 is 51.4 Å². The lowest BCUT2D eigenvalue weighted by Gasteiger charge is -2.13. The smallest absolute Gasteiger partial charge is 0.411 e. The van der Waals surface area contributed by atoms with Crippen LogP contribution in [-0.2, 0) is 9.53 Å². The van der Waals surface area contributed by atoms with Gasteiger partial charge < -0.3 is 15.2 Å². The van der Waals surface area contributed by atoms with Crippen molar-refractivity contribution in [1.29, 1.82) is 5.26 Å². The second-order valence-corrected chi connectivity index (χ2v) is 7.63. The number of hydrogen-bond donors (Lipinski definition) is 3. The number of anilines is 2. The van der Waals surface area contributed by atoms with Crippen LogP contribution in [0.15, 0.2) is 46.8 Å². The van der Waals surface area contributed by atoms with Gasteiger partial charge in [-0.15, -0.1) is 15.3 Å². The minimum atomic E-state index is -0.748. The number of phenolic OH excluding ortho intramolecular Hbond substituents is 1. The minimum Gasteiger partial charge on any atom is -0.506 e. The maximum Gasteiger partial charge on any atom is 0.411 e. The Bertz CT molecular complexity index is 1540. The molecule has 0 bridgehead atoms. The Balaban J connectivity index is 1.74. The van der Waals surface area contributed by atoms with Gasteiger partial charge in [0.15, 0.2) is 5.65 Å². The van der Waals surface area contributed by atoms with Crippen molar-refractivity contribution in [2.75, 3.05) is 10.6 Å². The third-order valence-corrected chi connectivity index (χ3v) is 4.58. The van der Waals surface area contributed by atoms with Gasteiger partial charge in [0.05, 0.1) is 34.9 Å². The van der Waals surface area contributed by atoms with Gasteiger partial charge in [0, 0.05) is 13.0 Å². The van der Waals surface area contributed by atoms with E-state index in [9.17, 15) is 20.0 Å². The van der Waals surface area contributed by atoms with Gasteiger partial charge in [-0.25, -0.2) is 9.31 Å². The Morgan fingerprint density at radius 2 is 1.94 bits per heavy atom. The first-order valence-corrected chi connectivity index (χ1v) is 10.3. The molecule has 0 fully saturated rings. The monoisotopic (exact) mass is 473 g/mol. The average Bonchev–Trinajstić information content (AvgIpc) is 3.22. The van der Waals surface area contributed by atoms with E-state index in [1.54, 1.807) is 32.0 Å². The van der Waals surface area contributed by atoms with Gasteiger partial charge in [-0.2, -0.15) is 15.5 Å². The highest BCUT2D eigenvalue weighted by atomic mass is 16.6. The van der Waals surface area contributed by atoms with E-state index in [0.717, 1.165) is 0 Å². The maximum atomic E-state index is 12.1. The molecule has 35 heavy (non-hydrogen) atoms. The molecule has 0 aliphatic rings. The molecule has 0 unspecified atom stereocenters. The minimum absolute atomic E-state index is 0.0882. The predicted octanol–water partition coefficient (Wildman–Crippen LogP) is 4.19. The zero-order valence-electron chi connectivity index (χ0n) is 18.8. The number of fused-ring (bicyclic) bond motifs is 3. The summed E-state index contributed by atoms with van der Waals surface area (Å²) in [5, 5.41) is 45.2. The molecule has 13 nitrogen and oxygen atoms in total. The number of aromatic hydroxyl groups is 1. The topological polar surface area (TPSA) is 179 Å². The Morgan fingerprint density at radius 3 is 2.66 bits per heavy atom. The van der Waals surface area contributed by atoms with Crippen LogP contribution >= 0.6 is 0 Å². The molecule has 13 heteroatoms. The summed E-state index contributed by atoms with van der Waals surface area (Å²) in [6.45, 7) is 4.67. The Kier molecular flexibility index (Phi) is 6.19. The number of nitrogens with zero attached hydrogens (tertiary/aromatic N) is 7. The summed E-state index contributed by atoms with van der Waals surface area (Å²) in [4.78, 5) is 23.6. The Morgan fingerprint density at radius 1 is 1.14 bits per heavy atom. The van der Waals surface area contributed by atoms with Crippen molar-refractivity contribution in [1.82, 2.24) is 19.8 Å². The van der Waals surface area contributed by atoms with E-state index in [4.69, 9.17) is 4.74 Å². The van der Waals surface area contributed by atoms with Crippen LogP contribution in [0.3, 0.4) is 0 Å². The third kappa shape index (κ3) is 4.96. The van der Waals surface area contributed by atoms with Crippen molar-refractivity contribution < 1.29 is 19.4 Å². The van der Waals surface area contributed by atoms with E-state index in [1.807, 2.05) is 6.07 Å². The fraction of sp³-hybridized carbons (Fsp3) is 0.182. The molecule has 176 valence electrons. The lowest BCUT2D eigenvalue weighted by molar-refractivity contribution is -0.114. The number of azo groups is 1. The first-order chi connectivity index (χ1) is 16.7. The lowest BCUT2D eigenvalue weighted by Crippen LogP contribution is -2.18. The lowest BCUT2D eigenvalue weighted by atomic mass is 10.2. The van der Waals surface area contributed by atoms with Crippen LogP contribution in [0, 0.1) is 11.3 Å². The number of nitriles is 1. The molecular formula is C22H19N9O4. The second-order valence-electron chi connectivity index (χ2n) is 7.63. The van der Waals surface area contributed by atoms with Crippen LogP contribution in [0.1, 0.15) is 26.3 Å². The molecule has 0 saturated carbocycles. The van der Waals surface area contributed by atoms with Crippen LogP contribution in [0.4, 0.5) is 27.5 Å². The molecule has 0 aliphatic carbocycles. The van der Waals surface area contributed by atoms with Crippen LogP contribution in [0.5, 0.6) is 5.75 Å². The summed E-state index contributed by atoms with van der Waals surface area (Å²) >= 11 is 0. The SMILES string of the molecule is CC(=O)Nc1cc(/N=N/c2ccc3nnc4c(C#N)cnn4c3c2)c(NC(=O)OC(C)C)cc1O. The molecule has 0 spiro atoms. The molecule has 0 atom stereocenters. The number of hydrogen-bond acceptors (Lipinski definition) is 10. The molecular weight excluding hydrogens is 454 g/mol. The molecule has 4 aromatic rings. The predicted molar refractivity (Wildman–Crippen MR) is 125 cm³/mol. The maximum absolute atomic E-state index is 12.1. The molecule has 2 amide bonds. The number of phenols is 1. The molecule has 2 aromatic heterocycles. The summed E-state index contributed by atoms with van der Waals surface area (Å²) in [7, 11) is 0. The van der Waals surface area contributed by atoms with E-state index in [2.05, 4.69) is 36.2 Å². The zero-order chi connectivity index (χ0) is 25.1. The molecule has 4 rings (SSSR count). The van der Waals surface area contributed by atoms with Gasteiger partial charge in [0.2, 0.25) is 5.91 Å². The highest BCUT2D eigenvalue weighted by Gasteiger charge is 2.15. The van der Waals surface area contributed by atoms with Gasteiger partial charge >= 0.3 is 6.09 Å². The number of nitrogens with one attached hydrogen (secondary N) is 2. The summed E-state index contributed by atoms with van der Waals surface area (Å²) in [6.07, 6.45) is 0.279. The molecule has 3 N–H and O–H groups in total. The first-order valence-electron chi connectivity index (χ1n) is 10.3. The van der Waals surface area contributed by atoms with Gasteiger partial charge in [0.25, 0.3) is 0 Å². The van der Waals surface area contributed by atoms with E-state index >= 15 is 0 Å². The quantitative estimate of drug-likeness (QED) is 0.285. The Hall–Kier alpha value is -5.12. The van der Waals surface area contributed by atoms with Gasteiger partial charge in [-0.05, 0) is 38.1 Å². The van der Waals surface area contributed by atoms with Crippen LogP contribution < -0.4 is 10.6 Å². The summed E-state index contributed by atoms with van der Waals surface area (Å²) in [5.74, 6) is -0.684. The third-order valence-electron chi connectivity index (χ3n) is 4.58. The van der Waals surface area contributed by atoms with E-state index in [1.165, 1.54) is 29.8 Å². The van der Waals surface area contributed by atoms with Crippen LogP contribution in [-0.4, -0.2) is 43.0 Å². The fourth-order valence-corrected chi connectivity index (χ4v) is 3.14. The number of carbonyl (C=O) groups is 2. The standard InChI is InChI=1S/C22H19N9O4/c1-11(2)35-22(34)26-16-8-20(33)18(25-12(3)32)7-17(16)29-27-14-4-5-15-19(6-14)31-21(30-28-15)13(9-23)10-24-31/h4-8,10-11,33H,1-3H3,(H,25,32)(H,26,34)/b29-27+. The zero-order valence-corrected chi connectivity index (χ0v) is 18.8. The number of carbonyl (C=O) groups excluding carboxylic acids is 2. The average molecular weight is 473 g/mol. The normalized spacial score (nSPS) is 11.2. The second kappa shape index (κ2) is 9.40. The van der Waals surface area contributed by atoms with Crippen molar-refractivity contribution in [3.8, 4) is 11.8 Å². The summed E-state index contributed by atoms with van der Waals surface area (Å²) in [6, 6.07) is 9.58. The summed E-state index contributed by atoms with van der Waals surface area (Å²) in [5.41, 5.74) is 2.43. The van der Waals surface area contributed by atoms with Gasteiger partial charge in [-0.1, -0.05) is 0 Å². The molecule has 0 aliphatic heterocycles. The number of amides is 2. The van der Waals surface area contributed by atoms with Crippen LogP contribution in [0.2, 0.25) is 0 Å². The largest absolute Gasteiger partial charge is 0.506 e. The fourth-order valence-electron chi connectivity index (χ4n) is 3.14. The first kappa shape index (κ1) is 23.1. The highest BCUT2D eigenvalue weighted by molar-refractivity contribution is 5.95. The number of ether oxygens (including phenoxy) is 1. The van der Waals surface area contributed by atoms with E-state index < -0.39 is 12.0 Å². The van der Waals surface area contributed by atoms with Gasteiger partial charge in [-0.3, -0.25) is 10.1 Å². The van der Waals surface area contributed by atoms with Crippen molar-refractivity contribution in [2.24, 2.45) is 10.2 Å². The van der Waals surface area contributed by atoms with Crippen LogP contribution in [0.25, 0.3) is 16.7 Å². The number of rotatable bonds is 5. The molecule has 2 aromatic carbocycles. The number of aromatic nitrogens is 4. The number of benzene rings is 2. The molecule has 2 heterocycles. The van der Waals surface area contributed by atoms with Gasteiger partial charge in [0.1, 0.15) is 28.6 Å². The molecule has 0 saturated heterocycles.